The summed E-state index contributed by atoms with van der Waals surface area (Å²) in [6.07, 6.45) is 0. The Morgan fingerprint density at radius 2 is 1.63 bits per heavy atom. The summed E-state index contributed by atoms with van der Waals surface area (Å²) in [6, 6.07) is 22.1. The van der Waals surface area contributed by atoms with Gasteiger partial charge in [-0.3, -0.25) is 4.79 Å². The summed E-state index contributed by atoms with van der Waals surface area (Å²) in [7, 11) is -3.84. The fraction of sp³-hybridized carbons (Fsp3) is 0.0500. The number of para-hydroxylation sites is 1. The molecule has 0 aliphatic heterocycles. The Morgan fingerprint density at radius 3 is 2.37 bits per heavy atom. The van der Waals surface area contributed by atoms with E-state index in [2.05, 4.69) is 5.32 Å². The monoisotopic (exact) mass is 382 g/mol. The van der Waals surface area contributed by atoms with Crippen molar-refractivity contribution in [3.8, 4) is 5.75 Å². The zero-order valence-electron chi connectivity index (χ0n) is 14.3. The second kappa shape index (κ2) is 8.03. The van der Waals surface area contributed by atoms with Gasteiger partial charge in [0, 0.05) is 16.8 Å². The second-order valence-corrected chi connectivity index (χ2v) is 7.35. The van der Waals surface area contributed by atoms with Crippen molar-refractivity contribution in [1.82, 2.24) is 0 Å². The summed E-state index contributed by atoms with van der Waals surface area (Å²) < 4.78 is 28.6. The zero-order chi connectivity index (χ0) is 19.3. The zero-order valence-corrected chi connectivity index (χ0v) is 15.1. The third-order valence-electron chi connectivity index (χ3n) is 3.82. The predicted molar refractivity (Wildman–Crippen MR) is 103 cm³/mol. The van der Waals surface area contributed by atoms with Crippen molar-refractivity contribution >= 4 is 21.6 Å². The molecule has 27 heavy (non-hydrogen) atoms. The van der Waals surface area contributed by atoms with Crippen molar-refractivity contribution < 1.29 is 17.9 Å². The minimum atomic E-state index is -3.84. The van der Waals surface area contributed by atoms with Gasteiger partial charge in [0.2, 0.25) is 10.0 Å². The number of rotatable bonds is 6. The van der Waals surface area contributed by atoms with E-state index in [1.54, 1.807) is 24.3 Å². The number of primary sulfonamides is 1. The van der Waals surface area contributed by atoms with Crippen molar-refractivity contribution in [3.05, 3.63) is 90.0 Å². The number of ether oxygens (including phenoxy) is 1. The Balaban J connectivity index is 1.77. The lowest BCUT2D eigenvalue weighted by Crippen LogP contribution is -2.16. The van der Waals surface area contributed by atoms with E-state index in [-0.39, 0.29) is 17.4 Å². The molecule has 138 valence electrons. The molecule has 3 aromatic rings. The second-order valence-electron chi connectivity index (χ2n) is 5.79. The van der Waals surface area contributed by atoms with Gasteiger partial charge in [-0.15, -0.1) is 0 Å². The van der Waals surface area contributed by atoms with Gasteiger partial charge in [-0.1, -0.05) is 42.5 Å². The summed E-state index contributed by atoms with van der Waals surface area (Å²) in [5.74, 6) is 0.336. The molecule has 0 heterocycles. The van der Waals surface area contributed by atoms with E-state index in [1.165, 1.54) is 18.2 Å². The molecule has 0 saturated heterocycles. The largest absolute Gasteiger partial charge is 0.489 e. The summed E-state index contributed by atoms with van der Waals surface area (Å²) in [6.45, 7) is 0.227. The van der Waals surface area contributed by atoms with Gasteiger partial charge in [0.15, 0.2) is 0 Å². The van der Waals surface area contributed by atoms with Crippen LogP contribution in [0, 0.1) is 0 Å². The Hall–Kier alpha value is -3.16. The van der Waals surface area contributed by atoms with Crippen molar-refractivity contribution in [2.45, 2.75) is 11.5 Å². The maximum Gasteiger partial charge on any atom is 0.256 e. The van der Waals surface area contributed by atoms with Crippen LogP contribution in [0.1, 0.15) is 15.9 Å². The van der Waals surface area contributed by atoms with Crippen LogP contribution in [0.15, 0.2) is 83.8 Å². The maximum atomic E-state index is 12.7. The van der Waals surface area contributed by atoms with Gasteiger partial charge in [-0.25, -0.2) is 13.6 Å². The molecule has 0 saturated carbocycles. The molecule has 3 rings (SSSR count). The molecule has 0 unspecified atom stereocenters. The molecule has 3 N–H and O–H groups in total. The first-order chi connectivity index (χ1) is 12.9. The molecule has 0 spiro atoms. The smallest absolute Gasteiger partial charge is 0.256 e. The number of amides is 1. The van der Waals surface area contributed by atoms with E-state index in [0.29, 0.717) is 22.6 Å². The number of hydrogen-bond donors (Lipinski definition) is 2. The van der Waals surface area contributed by atoms with Gasteiger partial charge in [-0.2, -0.15) is 0 Å². The molecule has 1 amide bonds. The van der Waals surface area contributed by atoms with Crippen LogP contribution < -0.4 is 15.2 Å². The molecule has 0 fully saturated rings. The van der Waals surface area contributed by atoms with Crippen molar-refractivity contribution in [3.63, 3.8) is 0 Å². The summed E-state index contributed by atoms with van der Waals surface area (Å²) in [5, 5.41) is 7.82. The molecule has 0 aliphatic rings. The van der Waals surface area contributed by atoms with Crippen LogP contribution in [-0.4, -0.2) is 14.3 Å². The summed E-state index contributed by atoms with van der Waals surface area (Å²) in [4.78, 5) is 12.6. The van der Waals surface area contributed by atoms with Gasteiger partial charge in [0.05, 0.1) is 4.90 Å². The van der Waals surface area contributed by atoms with E-state index in [9.17, 15) is 13.2 Å². The van der Waals surface area contributed by atoms with E-state index in [4.69, 9.17) is 9.88 Å². The normalized spacial score (nSPS) is 11.0. The van der Waals surface area contributed by atoms with Gasteiger partial charge in [0.1, 0.15) is 12.4 Å². The number of benzene rings is 3. The summed E-state index contributed by atoms with van der Waals surface area (Å²) >= 11 is 0. The number of anilines is 1. The molecule has 0 aromatic heterocycles. The van der Waals surface area contributed by atoms with Crippen LogP contribution in [0.5, 0.6) is 5.75 Å². The average molecular weight is 382 g/mol. The molecule has 6 nitrogen and oxygen atoms in total. The molecule has 0 bridgehead atoms. The number of carbonyl (C=O) groups is 1. The van der Waals surface area contributed by atoms with E-state index in [1.807, 2.05) is 36.4 Å². The standard InChI is InChI=1S/C20H18N2O4S/c21-27(24,25)18-11-6-8-16(13-18)22-20(23)19-12-5-4-7-15(19)14-26-17-9-2-1-3-10-17/h1-13H,14H2,(H,22,23)(H2,21,24,25). The fourth-order valence-corrected chi connectivity index (χ4v) is 3.05. The Labute approximate surface area is 157 Å². The van der Waals surface area contributed by atoms with Gasteiger partial charge < -0.3 is 10.1 Å². The van der Waals surface area contributed by atoms with Gasteiger partial charge >= 0.3 is 0 Å². The number of carbonyl (C=O) groups excluding carboxylic acids is 1. The van der Waals surface area contributed by atoms with E-state index < -0.39 is 10.0 Å². The first-order valence-electron chi connectivity index (χ1n) is 8.13. The predicted octanol–water partition coefficient (Wildman–Crippen LogP) is 3.17. The molecule has 0 radical (unpaired) electrons. The number of sulfonamides is 1. The Morgan fingerprint density at radius 1 is 0.926 bits per heavy atom. The lowest BCUT2D eigenvalue weighted by molar-refractivity contribution is 0.102. The van der Waals surface area contributed by atoms with Crippen molar-refractivity contribution in [1.29, 1.82) is 0 Å². The molecule has 0 aliphatic carbocycles. The highest BCUT2D eigenvalue weighted by atomic mass is 32.2. The molecule has 3 aromatic carbocycles. The van der Waals surface area contributed by atoms with Crippen LogP contribution >= 0.6 is 0 Å². The lowest BCUT2D eigenvalue weighted by atomic mass is 10.1. The highest BCUT2D eigenvalue weighted by Gasteiger charge is 2.13. The SMILES string of the molecule is NS(=O)(=O)c1cccc(NC(=O)c2ccccc2COc2ccccc2)c1. The highest BCUT2D eigenvalue weighted by molar-refractivity contribution is 7.89. The minimum Gasteiger partial charge on any atom is -0.489 e. The van der Waals surface area contributed by atoms with Gasteiger partial charge in [-0.05, 0) is 36.4 Å². The Kier molecular flexibility index (Phi) is 5.54. The number of nitrogens with two attached hydrogens (primary N) is 1. The van der Waals surface area contributed by atoms with Crippen molar-refractivity contribution in [2.75, 3.05) is 5.32 Å². The van der Waals surface area contributed by atoms with E-state index in [0.717, 1.165) is 0 Å². The minimum absolute atomic E-state index is 0.0685. The molecule has 7 heteroatoms. The third-order valence-corrected chi connectivity index (χ3v) is 4.73. The number of hydrogen-bond acceptors (Lipinski definition) is 4. The van der Waals surface area contributed by atoms with Crippen LogP contribution in [0.4, 0.5) is 5.69 Å². The van der Waals surface area contributed by atoms with Crippen molar-refractivity contribution in [2.24, 2.45) is 5.14 Å². The molecule has 0 atom stereocenters. The third kappa shape index (κ3) is 4.93. The lowest BCUT2D eigenvalue weighted by Gasteiger charge is -2.12. The van der Waals surface area contributed by atoms with Crippen LogP contribution in [0.25, 0.3) is 0 Å². The quantitative estimate of drug-likeness (QED) is 0.684. The van der Waals surface area contributed by atoms with Crippen LogP contribution in [-0.2, 0) is 16.6 Å². The Bertz CT molecular complexity index is 1050. The summed E-state index contributed by atoms with van der Waals surface area (Å²) in [5.41, 5.74) is 1.49. The van der Waals surface area contributed by atoms with Crippen LogP contribution in [0.3, 0.4) is 0 Å². The van der Waals surface area contributed by atoms with E-state index >= 15 is 0 Å². The maximum absolute atomic E-state index is 12.7. The van der Waals surface area contributed by atoms with Crippen LogP contribution in [0.2, 0.25) is 0 Å². The first-order valence-corrected chi connectivity index (χ1v) is 9.68. The topological polar surface area (TPSA) is 98.5 Å². The first kappa shape index (κ1) is 18.6. The average Bonchev–Trinajstić information content (AvgIpc) is 2.67. The fourth-order valence-electron chi connectivity index (χ4n) is 2.49. The number of nitrogens with one attached hydrogen (secondary N) is 1. The van der Waals surface area contributed by atoms with Gasteiger partial charge in [0.25, 0.3) is 5.91 Å². The molecular formula is C20H18N2O4S. The molecular weight excluding hydrogens is 364 g/mol. The highest BCUT2D eigenvalue weighted by Crippen LogP contribution is 2.18.